The van der Waals surface area contributed by atoms with Gasteiger partial charge in [0.2, 0.25) is 0 Å². The van der Waals surface area contributed by atoms with Crippen LogP contribution in [0.1, 0.15) is 23.1 Å². The van der Waals surface area contributed by atoms with Gasteiger partial charge in [0.05, 0.1) is 6.20 Å². The van der Waals surface area contributed by atoms with Crippen molar-refractivity contribution in [3.05, 3.63) is 95.9 Å². The van der Waals surface area contributed by atoms with E-state index in [9.17, 15) is 0 Å². The fourth-order valence-corrected chi connectivity index (χ4v) is 3.20. The largest absolute Gasteiger partial charge is 0.423 e. The molecule has 0 spiro atoms. The Morgan fingerprint density at radius 2 is 1.68 bits per heavy atom. The van der Waals surface area contributed by atoms with Crippen LogP contribution >= 0.6 is 0 Å². The zero-order valence-corrected chi connectivity index (χ0v) is 15.9. The lowest BCUT2D eigenvalue weighted by Gasteiger charge is -2.09. The van der Waals surface area contributed by atoms with E-state index in [1.807, 2.05) is 12.1 Å². The predicted molar refractivity (Wildman–Crippen MR) is 113 cm³/mol. The Morgan fingerprint density at radius 3 is 2.50 bits per heavy atom. The summed E-state index contributed by atoms with van der Waals surface area (Å²) in [6, 6.07) is 21.5. The molecule has 28 heavy (non-hydrogen) atoms. The zero-order valence-electron chi connectivity index (χ0n) is 15.9. The Labute approximate surface area is 165 Å². The fourth-order valence-electron chi connectivity index (χ4n) is 3.20. The average Bonchev–Trinajstić information content (AvgIpc) is 3.20. The van der Waals surface area contributed by atoms with Gasteiger partial charge in [-0.05, 0) is 61.1 Å². The highest BCUT2D eigenvalue weighted by Gasteiger charge is 2.08. The summed E-state index contributed by atoms with van der Waals surface area (Å²) < 4.78 is 5.86. The van der Waals surface area contributed by atoms with Gasteiger partial charge in [-0.3, -0.25) is 4.98 Å². The van der Waals surface area contributed by atoms with E-state index in [-0.39, 0.29) is 0 Å². The number of rotatable bonds is 7. The minimum absolute atomic E-state index is 0.497. The second kappa shape index (κ2) is 8.53. The molecule has 1 N–H and O–H groups in total. The summed E-state index contributed by atoms with van der Waals surface area (Å²) in [5, 5.41) is 3.32. The minimum Gasteiger partial charge on any atom is -0.423 e. The smallest absolute Gasteiger partial charge is 0.299 e. The lowest BCUT2D eigenvalue weighted by molar-refractivity contribution is 0.592. The maximum absolute atomic E-state index is 5.86. The number of pyridine rings is 1. The van der Waals surface area contributed by atoms with Crippen LogP contribution in [-0.2, 0) is 12.8 Å². The first-order chi connectivity index (χ1) is 13.8. The second-order valence-corrected chi connectivity index (χ2v) is 6.88. The predicted octanol–water partition coefficient (Wildman–Crippen LogP) is 5.96. The maximum Gasteiger partial charge on any atom is 0.299 e. The van der Waals surface area contributed by atoms with Crippen LogP contribution in [0.3, 0.4) is 0 Å². The molecule has 0 atom stereocenters. The summed E-state index contributed by atoms with van der Waals surface area (Å²) in [4.78, 5) is 8.40. The van der Waals surface area contributed by atoms with Gasteiger partial charge >= 0.3 is 0 Å². The average molecular weight is 369 g/mol. The van der Waals surface area contributed by atoms with Crippen molar-refractivity contribution < 1.29 is 4.42 Å². The van der Waals surface area contributed by atoms with Crippen molar-refractivity contribution in [3.8, 4) is 11.3 Å². The number of oxazole rings is 1. The van der Waals surface area contributed by atoms with Gasteiger partial charge in [0, 0.05) is 23.6 Å². The highest BCUT2D eigenvalue weighted by Crippen LogP contribution is 2.26. The second-order valence-electron chi connectivity index (χ2n) is 6.88. The lowest BCUT2D eigenvalue weighted by atomic mass is 10.0. The minimum atomic E-state index is 0.497. The SMILES string of the molecule is Cc1ccc(CCCc2ccccc2)cc1Nc1ncc(-c2ccncc2)o1. The van der Waals surface area contributed by atoms with Gasteiger partial charge in [0.1, 0.15) is 0 Å². The van der Waals surface area contributed by atoms with Crippen molar-refractivity contribution in [2.45, 2.75) is 26.2 Å². The van der Waals surface area contributed by atoms with Crippen molar-refractivity contribution >= 4 is 11.7 Å². The number of anilines is 2. The Hall–Kier alpha value is -3.40. The number of hydrogen-bond donors (Lipinski definition) is 1. The van der Waals surface area contributed by atoms with E-state index in [1.165, 1.54) is 11.1 Å². The first-order valence-corrected chi connectivity index (χ1v) is 9.54. The summed E-state index contributed by atoms with van der Waals surface area (Å²) in [6.45, 7) is 2.09. The molecule has 4 heteroatoms. The molecule has 2 aromatic carbocycles. The standard InChI is InChI=1S/C24H23N3O/c1-18-10-11-20(9-5-8-19-6-3-2-4-7-19)16-22(18)27-24-26-17-23(28-24)21-12-14-25-15-13-21/h2-4,6-7,10-17H,5,8-9H2,1H3,(H,26,27). The van der Waals surface area contributed by atoms with Crippen LogP contribution < -0.4 is 5.32 Å². The summed E-state index contributed by atoms with van der Waals surface area (Å²) in [6.07, 6.45) is 8.47. The first kappa shape index (κ1) is 18.0. The molecular formula is C24H23N3O. The monoisotopic (exact) mass is 369 g/mol. The summed E-state index contributed by atoms with van der Waals surface area (Å²) in [7, 11) is 0. The van der Waals surface area contributed by atoms with Crippen molar-refractivity contribution in [2.24, 2.45) is 0 Å². The molecule has 0 aliphatic rings. The molecular weight excluding hydrogens is 346 g/mol. The fraction of sp³-hybridized carbons (Fsp3) is 0.167. The zero-order chi connectivity index (χ0) is 19.2. The van der Waals surface area contributed by atoms with E-state index in [1.54, 1.807) is 18.6 Å². The maximum atomic E-state index is 5.86. The van der Waals surface area contributed by atoms with Crippen LogP contribution in [0.25, 0.3) is 11.3 Å². The third-order valence-electron chi connectivity index (χ3n) is 4.79. The van der Waals surface area contributed by atoms with Gasteiger partial charge in [-0.2, -0.15) is 0 Å². The molecule has 140 valence electrons. The topological polar surface area (TPSA) is 51.0 Å². The summed E-state index contributed by atoms with van der Waals surface area (Å²) >= 11 is 0. The number of nitrogens with zero attached hydrogens (tertiary/aromatic N) is 2. The van der Waals surface area contributed by atoms with Gasteiger partial charge in [-0.25, -0.2) is 4.98 Å². The van der Waals surface area contributed by atoms with Gasteiger partial charge in [0.25, 0.3) is 6.01 Å². The quantitative estimate of drug-likeness (QED) is 0.436. The van der Waals surface area contributed by atoms with Crippen LogP contribution in [0, 0.1) is 6.92 Å². The van der Waals surface area contributed by atoms with E-state index in [4.69, 9.17) is 4.42 Å². The van der Waals surface area contributed by atoms with Crippen molar-refractivity contribution in [2.75, 3.05) is 5.32 Å². The van der Waals surface area contributed by atoms with E-state index in [0.717, 1.165) is 41.8 Å². The van der Waals surface area contributed by atoms with Crippen LogP contribution in [0.4, 0.5) is 11.7 Å². The van der Waals surface area contributed by atoms with E-state index in [2.05, 4.69) is 70.7 Å². The van der Waals surface area contributed by atoms with Crippen molar-refractivity contribution in [1.82, 2.24) is 9.97 Å². The van der Waals surface area contributed by atoms with E-state index >= 15 is 0 Å². The Balaban J connectivity index is 1.42. The highest BCUT2D eigenvalue weighted by atomic mass is 16.4. The molecule has 0 fully saturated rings. The normalized spacial score (nSPS) is 10.8. The molecule has 4 rings (SSSR count). The van der Waals surface area contributed by atoms with Gasteiger partial charge in [-0.1, -0.05) is 42.5 Å². The number of hydrogen-bond acceptors (Lipinski definition) is 4. The first-order valence-electron chi connectivity index (χ1n) is 9.54. The molecule has 2 heterocycles. The molecule has 2 aromatic heterocycles. The Morgan fingerprint density at radius 1 is 0.893 bits per heavy atom. The lowest BCUT2D eigenvalue weighted by Crippen LogP contribution is -1.96. The van der Waals surface area contributed by atoms with Gasteiger partial charge in [0.15, 0.2) is 5.76 Å². The molecule has 0 unspecified atom stereocenters. The molecule has 0 radical (unpaired) electrons. The number of nitrogens with one attached hydrogen (secondary N) is 1. The van der Waals surface area contributed by atoms with Crippen LogP contribution in [0.5, 0.6) is 0 Å². The van der Waals surface area contributed by atoms with Gasteiger partial charge in [-0.15, -0.1) is 0 Å². The molecule has 0 bridgehead atoms. The number of aromatic nitrogens is 2. The van der Waals surface area contributed by atoms with Crippen molar-refractivity contribution in [1.29, 1.82) is 0 Å². The Kier molecular flexibility index (Phi) is 5.48. The van der Waals surface area contributed by atoms with E-state index < -0.39 is 0 Å². The highest BCUT2D eigenvalue weighted by molar-refractivity contribution is 5.61. The van der Waals surface area contributed by atoms with Crippen LogP contribution in [0.15, 0.2) is 83.7 Å². The summed E-state index contributed by atoms with van der Waals surface area (Å²) in [5.74, 6) is 0.724. The number of aryl methyl sites for hydroxylation is 3. The van der Waals surface area contributed by atoms with E-state index in [0.29, 0.717) is 6.01 Å². The molecule has 4 nitrogen and oxygen atoms in total. The molecule has 0 aliphatic carbocycles. The van der Waals surface area contributed by atoms with Gasteiger partial charge < -0.3 is 9.73 Å². The Bertz CT molecular complexity index is 1030. The molecule has 0 saturated heterocycles. The molecule has 0 amide bonds. The molecule has 4 aromatic rings. The molecule has 0 aliphatic heterocycles. The third kappa shape index (κ3) is 4.46. The van der Waals surface area contributed by atoms with Crippen LogP contribution in [0.2, 0.25) is 0 Å². The number of benzene rings is 2. The summed E-state index contributed by atoms with van der Waals surface area (Å²) in [5.41, 5.74) is 5.85. The van der Waals surface area contributed by atoms with Crippen LogP contribution in [-0.4, -0.2) is 9.97 Å². The third-order valence-corrected chi connectivity index (χ3v) is 4.79. The molecule has 0 saturated carbocycles. The van der Waals surface area contributed by atoms with Crippen molar-refractivity contribution in [3.63, 3.8) is 0 Å².